The van der Waals surface area contributed by atoms with E-state index < -0.39 is 0 Å². The number of hydrogen-bond donors (Lipinski definition) is 4. The molecule has 0 atom stereocenters. The predicted molar refractivity (Wildman–Crippen MR) is 72.8 cm³/mol. The fourth-order valence-corrected chi connectivity index (χ4v) is 1.44. The van der Waals surface area contributed by atoms with Crippen LogP contribution in [0.4, 0.5) is 11.6 Å². The summed E-state index contributed by atoms with van der Waals surface area (Å²) >= 11 is 0. The molecule has 0 bridgehead atoms. The van der Waals surface area contributed by atoms with Crippen LogP contribution in [0.5, 0.6) is 5.75 Å². The minimum Gasteiger partial charge on any atom is -0.490 e. The van der Waals surface area contributed by atoms with Gasteiger partial charge >= 0.3 is 0 Å². The standard InChI is InChI=1S/C11H20N6O2/c1-3-5-13-8(18)4-6-14-10-9(19-2)11(17-12)16-7-15-10/h7H,3-6,12H2,1-2H3,(H,13,18)(H2,14,15,16,17). The Kier molecular flexibility index (Phi) is 6.37. The summed E-state index contributed by atoms with van der Waals surface area (Å²) < 4.78 is 5.16. The SMILES string of the molecule is CCCNC(=O)CCNc1ncnc(NN)c1OC. The molecule has 8 heteroatoms. The van der Waals surface area contributed by atoms with Gasteiger partial charge in [-0.2, -0.15) is 0 Å². The molecular weight excluding hydrogens is 248 g/mol. The van der Waals surface area contributed by atoms with Crippen LogP contribution in [-0.2, 0) is 4.79 Å². The molecule has 1 aromatic heterocycles. The van der Waals surface area contributed by atoms with Gasteiger partial charge in [-0.25, -0.2) is 15.8 Å². The maximum Gasteiger partial charge on any atom is 0.221 e. The lowest BCUT2D eigenvalue weighted by atomic mass is 10.3. The van der Waals surface area contributed by atoms with Gasteiger partial charge in [0.05, 0.1) is 7.11 Å². The Morgan fingerprint density at radius 2 is 2.11 bits per heavy atom. The number of hydrogen-bond acceptors (Lipinski definition) is 7. The van der Waals surface area contributed by atoms with E-state index in [-0.39, 0.29) is 5.91 Å². The molecule has 1 heterocycles. The summed E-state index contributed by atoms with van der Waals surface area (Å²) in [5.74, 6) is 6.61. The lowest BCUT2D eigenvalue weighted by Gasteiger charge is -2.12. The van der Waals surface area contributed by atoms with Crippen molar-refractivity contribution in [2.24, 2.45) is 5.84 Å². The van der Waals surface area contributed by atoms with Crippen LogP contribution < -0.4 is 26.6 Å². The summed E-state index contributed by atoms with van der Waals surface area (Å²) in [5, 5.41) is 5.81. The van der Waals surface area contributed by atoms with E-state index in [1.54, 1.807) is 0 Å². The van der Waals surface area contributed by atoms with E-state index in [0.29, 0.717) is 36.9 Å². The van der Waals surface area contributed by atoms with Crippen LogP contribution >= 0.6 is 0 Å². The van der Waals surface area contributed by atoms with E-state index in [1.807, 2.05) is 6.92 Å². The Morgan fingerprint density at radius 3 is 2.74 bits per heavy atom. The number of rotatable bonds is 8. The van der Waals surface area contributed by atoms with Gasteiger partial charge in [-0.05, 0) is 6.42 Å². The van der Waals surface area contributed by atoms with Crippen LogP contribution in [0.25, 0.3) is 0 Å². The predicted octanol–water partition coefficient (Wildman–Crippen LogP) is 0.0990. The highest BCUT2D eigenvalue weighted by molar-refractivity contribution is 5.76. The third-order valence-electron chi connectivity index (χ3n) is 2.36. The number of aromatic nitrogens is 2. The first-order valence-corrected chi connectivity index (χ1v) is 6.09. The number of nitrogens with one attached hydrogen (secondary N) is 3. The molecule has 0 spiro atoms. The molecule has 0 radical (unpaired) electrons. The Morgan fingerprint density at radius 1 is 1.37 bits per heavy atom. The van der Waals surface area contributed by atoms with E-state index in [9.17, 15) is 4.79 Å². The molecule has 0 unspecified atom stereocenters. The van der Waals surface area contributed by atoms with Crippen molar-refractivity contribution in [2.45, 2.75) is 19.8 Å². The average Bonchev–Trinajstić information content (AvgIpc) is 2.44. The second kappa shape index (κ2) is 8.09. The fraction of sp³-hybridized carbons (Fsp3) is 0.545. The largest absolute Gasteiger partial charge is 0.490 e. The average molecular weight is 268 g/mol. The number of carbonyl (C=O) groups is 1. The molecule has 0 saturated carbocycles. The third-order valence-corrected chi connectivity index (χ3v) is 2.36. The van der Waals surface area contributed by atoms with Gasteiger partial charge in [0.15, 0.2) is 11.6 Å². The Balaban J connectivity index is 2.51. The lowest BCUT2D eigenvalue weighted by molar-refractivity contribution is -0.120. The highest BCUT2D eigenvalue weighted by Gasteiger charge is 2.11. The number of methoxy groups -OCH3 is 1. The van der Waals surface area contributed by atoms with Crippen LogP contribution in [0.2, 0.25) is 0 Å². The number of nitrogens with two attached hydrogens (primary N) is 1. The first-order valence-electron chi connectivity index (χ1n) is 6.09. The normalized spacial score (nSPS) is 9.84. The Labute approximate surface area is 112 Å². The zero-order valence-corrected chi connectivity index (χ0v) is 11.2. The second-order valence-corrected chi connectivity index (χ2v) is 3.78. The maximum atomic E-state index is 11.4. The topological polar surface area (TPSA) is 114 Å². The Bertz CT molecular complexity index is 412. The smallest absolute Gasteiger partial charge is 0.221 e. The molecule has 1 rings (SSSR count). The fourth-order valence-electron chi connectivity index (χ4n) is 1.44. The van der Waals surface area contributed by atoms with Gasteiger partial charge in [0.1, 0.15) is 6.33 Å². The third kappa shape index (κ3) is 4.59. The first-order chi connectivity index (χ1) is 9.22. The summed E-state index contributed by atoms with van der Waals surface area (Å²) in [5.41, 5.74) is 2.42. The van der Waals surface area contributed by atoms with Gasteiger partial charge in [-0.15, -0.1) is 0 Å². The van der Waals surface area contributed by atoms with E-state index >= 15 is 0 Å². The molecule has 0 aliphatic rings. The number of amides is 1. The Hall–Kier alpha value is -2.09. The monoisotopic (exact) mass is 268 g/mol. The van der Waals surface area contributed by atoms with Gasteiger partial charge in [0.25, 0.3) is 0 Å². The highest BCUT2D eigenvalue weighted by Crippen LogP contribution is 2.27. The van der Waals surface area contributed by atoms with Crippen molar-refractivity contribution in [3.05, 3.63) is 6.33 Å². The number of anilines is 2. The van der Waals surface area contributed by atoms with Crippen LogP contribution in [0.15, 0.2) is 6.33 Å². The minimum absolute atomic E-state index is 0.000420. The molecule has 8 nitrogen and oxygen atoms in total. The van der Waals surface area contributed by atoms with Crippen molar-refractivity contribution in [3.8, 4) is 5.75 Å². The molecule has 106 valence electrons. The molecule has 0 aliphatic carbocycles. The van der Waals surface area contributed by atoms with E-state index in [1.165, 1.54) is 13.4 Å². The summed E-state index contributed by atoms with van der Waals surface area (Å²) in [6, 6.07) is 0. The zero-order valence-electron chi connectivity index (χ0n) is 11.2. The van der Waals surface area contributed by atoms with E-state index in [2.05, 4.69) is 26.0 Å². The van der Waals surface area contributed by atoms with Crippen LogP contribution in [-0.4, -0.2) is 36.1 Å². The molecule has 0 saturated heterocycles. The van der Waals surface area contributed by atoms with Gasteiger partial charge < -0.3 is 20.8 Å². The quantitative estimate of drug-likeness (QED) is 0.390. The van der Waals surface area contributed by atoms with E-state index in [4.69, 9.17) is 10.6 Å². The minimum atomic E-state index is -0.000420. The van der Waals surface area contributed by atoms with Crippen molar-refractivity contribution < 1.29 is 9.53 Å². The molecule has 0 aromatic carbocycles. The van der Waals surface area contributed by atoms with Gasteiger partial charge in [-0.3, -0.25) is 4.79 Å². The summed E-state index contributed by atoms with van der Waals surface area (Å²) in [6.07, 6.45) is 2.64. The second-order valence-electron chi connectivity index (χ2n) is 3.78. The van der Waals surface area contributed by atoms with Crippen LogP contribution in [0.3, 0.4) is 0 Å². The number of nitrogen functional groups attached to an aromatic ring is 1. The highest BCUT2D eigenvalue weighted by atomic mass is 16.5. The molecule has 1 aromatic rings. The van der Waals surface area contributed by atoms with Crippen molar-refractivity contribution in [2.75, 3.05) is 30.9 Å². The van der Waals surface area contributed by atoms with Crippen molar-refractivity contribution in [3.63, 3.8) is 0 Å². The maximum absolute atomic E-state index is 11.4. The number of carbonyl (C=O) groups excluding carboxylic acids is 1. The lowest BCUT2D eigenvalue weighted by Crippen LogP contribution is -2.26. The summed E-state index contributed by atoms with van der Waals surface area (Å²) in [6.45, 7) is 3.15. The zero-order chi connectivity index (χ0) is 14.1. The molecule has 0 fully saturated rings. The van der Waals surface area contributed by atoms with Crippen molar-refractivity contribution >= 4 is 17.5 Å². The van der Waals surface area contributed by atoms with Gasteiger partial charge in [-0.1, -0.05) is 6.92 Å². The molecular formula is C11H20N6O2. The number of hydrazine groups is 1. The van der Waals surface area contributed by atoms with Gasteiger partial charge in [0, 0.05) is 19.5 Å². The summed E-state index contributed by atoms with van der Waals surface area (Å²) in [4.78, 5) is 19.4. The molecule has 5 N–H and O–H groups in total. The number of nitrogens with zero attached hydrogens (tertiary/aromatic N) is 2. The first kappa shape index (κ1) is 15.0. The van der Waals surface area contributed by atoms with Gasteiger partial charge in [0.2, 0.25) is 11.7 Å². The molecule has 0 aliphatic heterocycles. The van der Waals surface area contributed by atoms with E-state index in [0.717, 1.165) is 6.42 Å². The van der Waals surface area contributed by atoms with Crippen LogP contribution in [0.1, 0.15) is 19.8 Å². The van der Waals surface area contributed by atoms with Crippen molar-refractivity contribution in [1.29, 1.82) is 0 Å². The summed E-state index contributed by atoms with van der Waals surface area (Å²) in [7, 11) is 1.50. The number of ether oxygens (including phenoxy) is 1. The van der Waals surface area contributed by atoms with Crippen molar-refractivity contribution in [1.82, 2.24) is 15.3 Å². The molecule has 19 heavy (non-hydrogen) atoms. The molecule has 1 amide bonds. The van der Waals surface area contributed by atoms with Crippen LogP contribution in [0, 0.1) is 0 Å².